The Labute approximate surface area is 135 Å². The standard InChI is InChI=1S/C15H15F3N4O2/c1-8-5-12(24-21-8)14(23)19-7-13-20-10-6-9(15(16,17)18)3-4-11(10)22(13)2/h3-4,6,12H,5,7H2,1-2H3,(H,19,23)/t12-/m0/s1. The summed E-state index contributed by atoms with van der Waals surface area (Å²) in [7, 11) is 1.68. The molecule has 128 valence electrons. The summed E-state index contributed by atoms with van der Waals surface area (Å²) in [6, 6.07) is 3.38. The van der Waals surface area contributed by atoms with Gasteiger partial charge in [-0.05, 0) is 25.1 Å². The normalized spacial score (nSPS) is 17.7. The molecule has 0 unspecified atom stereocenters. The molecule has 0 spiro atoms. The minimum Gasteiger partial charge on any atom is -0.382 e. The molecule has 1 N–H and O–H groups in total. The molecule has 2 aromatic rings. The van der Waals surface area contributed by atoms with Crippen LogP contribution in [0.5, 0.6) is 0 Å². The Kier molecular flexibility index (Phi) is 3.94. The van der Waals surface area contributed by atoms with E-state index in [1.54, 1.807) is 18.5 Å². The Morgan fingerprint density at radius 1 is 1.46 bits per heavy atom. The molecule has 0 aliphatic carbocycles. The number of oxime groups is 1. The van der Waals surface area contributed by atoms with Crippen LogP contribution < -0.4 is 5.32 Å². The Morgan fingerprint density at radius 2 is 2.21 bits per heavy atom. The fourth-order valence-electron chi connectivity index (χ4n) is 2.50. The van der Waals surface area contributed by atoms with Crippen molar-refractivity contribution in [3.05, 3.63) is 29.6 Å². The lowest BCUT2D eigenvalue weighted by Crippen LogP contribution is -2.34. The van der Waals surface area contributed by atoms with Gasteiger partial charge in [-0.3, -0.25) is 4.79 Å². The Bertz CT molecular complexity index is 826. The zero-order valence-electron chi connectivity index (χ0n) is 13.0. The van der Waals surface area contributed by atoms with E-state index in [0.717, 1.165) is 17.8 Å². The predicted octanol–water partition coefficient (Wildman–Crippen LogP) is 2.37. The number of alkyl halides is 3. The van der Waals surface area contributed by atoms with E-state index >= 15 is 0 Å². The van der Waals surface area contributed by atoms with Crippen molar-refractivity contribution in [2.45, 2.75) is 32.2 Å². The second-order valence-electron chi connectivity index (χ2n) is 5.63. The monoisotopic (exact) mass is 340 g/mol. The van der Waals surface area contributed by atoms with Gasteiger partial charge in [-0.2, -0.15) is 13.2 Å². The molecule has 1 amide bonds. The molecule has 0 saturated carbocycles. The Morgan fingerprint density at radius 3 is 2.83 bits per heavy atom. The molecule has 9 heteroatoms. The molecule has 1 aliphatic heterocycles. The maximum absolute atomic E-state index is 12.8. The first kappa shape index (κ1) is 16.3. The van der Waals surface area contributed by atoms with E-state index in [1.165, 1.54) is 6.07 Å². The maximum atomic E-state index is 12.8. The highest BCUT2D eigenvalue weighted by Gasteiger charge is 2.31. The number of rotatable bonds is 3. The summed E-state index contributed by atoms with van der Waals surface area (Å²) in [5, 5.41) is 6.37. The van der Waals surface area contributed by atoms with Crippen molar-refractivity contribution < 1.29 is 22.8 Å². The van der Waals surface area contributed by atoms with Crippen molar-refractivity contribution in [2.75, 3.05) is 0 Å². The fraction of sp³-hybridized carbons (Fsp3) is 0.400. The van der Waals surface area contributed by atoms with E-state index in [2.05, 4.69) is 15.5 Å². The highest BCUT2D eigenvalue weighted by molar-refractivity contribution is 5.91. The number of aryl methyl sites for hydroxylation is 1. The molecular weight excluding hydrogens is 325 g/mol. The molecule has 1 aromatic heterocycles. The van der Waals surface area contributed by atoms with Crippen LogP contribution >= 0.6 is 0 Å². The lowest BCUT2D eigenvalue weighted by Gasteiger charge is -2.09. The van der Waals surface area contributed by atoms with Gasteiger partial charge in [-0.1, -0.05) is 5.16 Å². The number of nitrogens with one attached hydrogen (secondary N) is 1. The quantitative estimate of drug-likeness (QED) is 0.933. The molecule has 0 fully saturated rings. The van der Waals surface area contributed by atoms with Crippen molar-refractivity contribution in [1.82, 2.24) is 14.9 Å². The van der Waals surface area contributed by atoms with Crippen LogP contribution in [-0.2, 0) is 29.4 Å². The number of carbonyl (C=O) groups excluding carboxylic acids is 1. The zero-order chi connectivity index (χ0) is 17.5. The molecular formula is C15H15F3N4O2. The Balaban J connectivity index is 1.75. The number of amides is 1. The molecule has 1 atom stereocenters. The molecule has 0 bridgehead atoms. The SMILES string of the molecule is CC1=NO[C@H](C(=O)NCc2nc3cc(C(F)(F)F)ccc3n2C)C1. The van der Waals surface area contributed by atoms with E-state index < -0.39 is 17.8 Å². The lowest BCUT2D eigenvalue weighted by molar-refractivity contribution is -0.137. The first-order valence-electron chi connectivity index (χ1n) is 7.25. The van der Waals surface area contributed by atoms with Gasteiger partial charge in [0.25, 0.3) is 5.91 Å². The van der Waals surface area contributed by atoms with Gasteiger partial charge >= 0.3 is 6.18 Å². The van der Waals surface area contributed by atoms with Crippen LogP contribution in [0.1, 0.15) is 24.7 Å². The van der Waals surface area contributed by atoms with Crippen molar-refractivity contribution >= 4 is 22.7 Å². The first-order valence-corrected chi connectivity index (χ1v) is 7.25. The lowest BCUT2D eigenvalue weighted by atomic mass is 10.2. The molecule has 2 heterocycles. The number of hydrogen-bond donors (Lipinski definition) is 1. The van der Waals surface area contributed by atoms with E-state index in [9.17, 15) is 18.0 Å². The molecule has 6 nitrogen and oxygen atoms in total. The van der Waals surface area contributed by atoms with Crippen LogP contribution in [0.25, 0.3) is 11.0 Å². The predicted molar refractivity (Wildman–Crippen MR) is 80.2 cm³/mol. The summed E-state index contributed by atoms with van der Waals surface area (Å²) < 4.78 is 39.9. The van der Waals surface area contributed by atoms with Gasteiger partial charge in [0, 0.05) is 13.5 Å². The van der Waals surface area contributed by atoms with Gasteiger partial charge in [0.1, 0.15) is 5.82 Å². The summed E-state index contributed by atoms with van der Waals surface area (Å²) in [5.74, 6) is 0.118. The van der Waals surface area contributed by atoms with E-state index in [1.807, 2.05) is 0 Å². The third kappa shape index (κ3) is 3.06. The van der Waals surface area contributed by atoms with E-state index in [-0.39, 0.29) is 18.0 Å². The summed E-state index contributed by atoms with van der Waals surface area (Å²) >= 11 is 0. The van der Waals surface area contributed by atoms with Gasteiger partial charge in [0.05, 0.1) is 28.9 Å². The van der Waals surface area contributed by atoms with E-state index in [4.69, 9.17) is 4.84 Å². The third-order valence-corrected chi connectivity index (χ3v) is 3.83. The first-order chi connectivity index (χ1) is 11.3. The number of fused-ring (bicyclic) bond motifs is 1. The van der Waals surface area contributed by atoms with Crippen molar-refractivity contribution in [2.24, 2.45) is 12.2 Å². The minimum atomic E-state index is -4.42. The summed E-state index contributed by atoms with van der Waals surface area (Å²) in [5.41, 5.74) is 0.768. The third-order valence-electron chi connectivity index (χ3n) is 3.83. The van der Waals surface area contributed by atoms with Gasteiger partial charge in [0.2, 0.25) is 6.10 Å². The fourth-order valence-corrected chi connectivity index (χ4v) is 2.50. The molecule has 1 aromatic carbocycles. The molecule has 3 rings (SSSR count). The van der Waals surface area contributed by atoms with Gasteiger partial charge in [-0.25, -0.2) is 4.98 Å². The van der Waals surface area contributed by atoms with Crippen LogP contribution in [-0.4, -0.2) is 27.3 Å². The number of carbonyl (C=O) groups is 1. The van der Waals surface area contributed by atoms with Crippen LogP contribution in [0.2, 0.25) is 0 Å². The van der Waals surface area contributed by atoms with Gasteiger partial charge < -0.3 is 14.7 Å². The number of nitrogens with zero attached hydrogens (tertiary/aromatic N) is 3. The van der Waals surface area contributed by atoms with Crippen LogP contribution in [0.15, 0.2) is 23.4 Å². The molecule has 0 saturated heterocycles. The summed E-state index contributed by atoms with van der Waals surface area (Å²) in [6.07, 6.45) is -4.67. The van der Waals surface area contributed by atoms with Gasteiger partial charge in [-0.15, -0.1) is 0 Å². The van der Waals surface area contributed by atoms with Crippen LogP contribution in [0, 0.1) is 0 Å². The highest BCUT2D eigenvalue weighted by Crippen LogP contribution is 2.31. The molecule has 1 aliphatic rings. The number of benzene rings is 1. The maximum Gasteiger partial charge on any atom is 0.416 e. The zero-order valence-corrected chi connectivity index (χ0v) is 13.0. The van der Waals surface area contributed by atoms with Crippen LogP contribution in [0.3, 0.4) is 0 Å². The second kappa shape index (κ2) is 5.81. The summed E-state index contributed by atoms with van der Waals surface area (Å²) in [4.78, 5) is 21.1. The summed E-state index contributed by atoms with van der Waals surface area (Å²) in [6.45, 7) is 1.85. The number of hydrogen-bond acceptors (Lipinski definition) is 4. The molecule has 0 radical (unpaired) electrons. The average molecular weight is 340 g/mol. The Hall–Kier alpha value is -2.58. The highest BCUT2D eigenvalue weighted by atomic mass is 19.4. The van der Waals surface area contributed by atoms with Crippen LogP contribution in [0.4, 0.5) is 13.2 Å². The second-order valence-corrected chi connectivity index (χ2v) is 5.63. The van der Waals surface area contributed by atoms with E-state index in [0.29, 0.717) is 17.8 Å². The van der Waals surface area contributed by atoms with Crippen molar-refractivity contribution in [3.63, 3.8) is 0 Å². The van der Waals surface area contributed by atoms with Gasteiger partial charge in [0.15, 0.2) is 0 Å². The topological polar surface area (TPSA) is 68.5 Å². The average Bonchev–Trinajstić information content (AvgIpc) is 3.08. The van der Waals surface area contributed by atoms with Crippen molar-refractivity contribution in [3.8, 4) is 0 Å². The smallest absolute Gasteiger partial charge is 0.382 e. The number of halogens is 3. The minimum absolute atomic E-state index is 0.0876. The number of aromatic nitrogens is 2. The largest absolute Gasteiger partial charge is 0.416 e. The molecule has 24 heavy (non-hydrogen) atoms. The van der Waals surface area contributed by atoms with Crippen molar-refractivity contribution in [1.29, 1.82) is 0 Å². The number of imidazole rings is 1.